The third kappa shape index (κ3) is 1.45. The third-order valence-corrected chi connectivity index (χ3v) is 2.74. The van der Waals surface area contributed by atoms with Gasteiger partial charge in [0.2, 0.25) is 0 Å². The number of fused-ring (bicyclic) bond motifs is 2. The van der Waals surface area contributed by atoms with Crippen molar-refractivity contribution in [1.82, 2.24) is 9.97 Å². The van der Waals surface area contributed by atoms with Crippen LogP contribution < -0.4 is 5.73 Å². The predicted octanol–water partition coefficient (Wildman–Crippen LogP) is 1.59. The van der Waals surface area contributed by atoms with Gasteiger partial charge in [-0.15, -0.1) is 0 Å². The van der Waals surface area contributed by atoms with E-state index in [1.54, 1.807) is 30.3 Å². The SMILES string of the molecule is NC(=O)c1cccc2nc3cccc(O)c3nc12. The monoisotopic (exact) mass is 239 g/mol. The topological polar surface area (TPSA) is 89.1 Å². The van der Waals surface area contributed by atoms with Gasteiger partial charge in [-0.3, -0.25) is 4.79 Å². The molecule has 0 fully saturated rings. The highest BCUT2D eigenvalue weighted by atomic mass is 16.3. The Morgan fingerprint density at radius 1 is 1.00 bits per heavy atom. The Balaban J connectivity index is 2.50. The van der Waals surface area contributed by atoms with Crippen LogP contribution in [0.15, 0.2) is 36.4 Å². The Morgan fingerprint density at radius 2 is 1.67 bits per heavy atom. The van der Waals surface area contributed by atoms with Crippen LogP contribution in [0.3, 0.4) is 0 Å². The number of rotatable bonds is 1. The van der Waals surface area contributed by atoms with E-state index in [1.165, 1.54) is 6.07 Å². The van der Waals surface area contributed by atoms with Crippen molar-refractivity contribution in [3.05, 3.63) is 42.0 Å². The minimum Gasteiger partial charge on any atom is -0.506 e. The molecule has 0 saturated carbocycles. The van der Waals surface area contributed by atoms with Gasteiger partial charge < -0.3 is 10.8 Å². The summed E-state index contributed by atoms with van der Waals surface area (Å²) in [4.78, 5) is 20.0. The van der Waals surface area contributed by atoms with Gasteiger partial charge in [0, 0.05) is 0 Å². The molecule has 0 spiro atoms. The van der Waals surface area contributed by atoms with E-state index in [1.807, 2.05) is 0 Å². The largest absolute Gasteiger partial charge is 0.506 e. The zero-order chi connectivity index (χ0) is 12.7. The molecule has 0 aliphatic rings. The molecule has 5 heteroatoms. The number of nitrogens with two attached hydrogens (primary N) is 1. The number of hydrogen-bond donors (Lipinski definition) is 2. The lowest BCUT2D eigenvalue weighted by Crippen LogP contribution is -2.12. The number of benzene rings is 2. The fraction of sp³-hybridized carbons (Fsp3) is 0. The summed E-state index contributed by atoms with van der Waals surface area (Å²) in [6.45, 7) is 0. The number of carbonyl (C=O) groups is 1. The van der Waals surface area contributed by atoms with E-state index in [0.29, 0.717) is 27.6 Å². The quantitative estimate of drug-likeness (QED) is 0.631. The lowest BCUT2D eigenvalue weighted by Gasteiger charge is -2.05. The van der Waals surface area contributed by atoms with E-state index in [4.69, 9.17) is 5.73 Å². The van der Waals surface area contributed by atoms with Crippen LogP contribution in [0.4, 0.5) is 0 Å². The van der Waals surface area contributed by atoms with Crippen LogP contribution in [0.2, 0.25) is 0 Å². The molecule has 1 amide bonds. The number of aromatic hydroxyl groups is 1. The molecule has 0 saturated heterocycles. The van der Waals surface area contributed by atoms with Gasteiger partial charge in [0.15, 0.2) is 0 Å². The van der Waals surface area contributed by atoms with Gasteiger partial charge in [-0.1, -0.05) is 12.1 Å². The number of para-hydroxylation sites is 2. The van der Waals surface area contributed by atoms with Crippen LogP contribution >= 0.6 is 0 Å². The summed E-state index contributed by atoms with van der Waals surface area (Å²) >= 11 is 0. The Kier molecular flexibility index (Phi) is 2.13. The standard InChI is InChI=1S/C13H9N3O2/c14-13(18)7-3-1-4-8-11(7)16-12-9(15-8)5-2-6-10(12)17/h1-6,17H,(H2,14,18). The molecule has 88 valence electrons. The zero-order valence-electron chi connectivity index (χ0n) is 9.29. The minimum absolute atomic E-state index is 0.0289. The molecule has 18 heavy (non-hydrogen) atoms. The smallest absolute Gasteiger partial charge is 0.250 e. The number of carbonyl (C=O) groups excluding carboxylic acids is 1. The molecule has 1 heterocycles. The summed E-state index contributed by atoms with van der Waals surface area (Å²) in [6, 6.07) is 10.00. The molecule has 0 aliphatic heterocycles. The summed E-state index contributed by atoms with van der Waals surface area (Å²) < 4.78 is 0. The molecule has 5 nitrogen and oxygen atoms in total. The average Bonchev–Trinajstić information content (AvgIpc) is 2.36. The van der Waals surface area contributed by atoms with Crippen molar-refractivity contribution >= 4 is 28.0 Å². The summed E-state index contributed by atoms with van der Waals surface area (Å²) in [6.07, 6.45) is 0. The first kappa shape index (κ1) is 10.5. The maximum Gasteiger partial charge on any atom is 0.250 e. The third-order valence-electron chi connectivity index (χ3n) is 2.74. The molecule has 0 bridgehead atoms. The first-order valence-corrected chi connectivity index (χ1v) is 5.35. The van der Waals surface area contributed by atoms with Gasteiger partial charge in [0.05, 0.1) is 16.6 Å². The molecule has 0 aliphatic carbocycles. The molecule has 3 rings (SSSR count). The normalized spacial score (nSPS) is 10.9. The number of aromatic nitrogens is 2. The van der Waals surface area contributed by atoms with Crippen LogP contribution in [-0.2, 0) is 0 Å². The average molecular weight is 239 g/mol. The van der Waals surface area contributed by atoms with Crippen molar-refractivity contribution in [3.63, 3.8) is 0 Å². The van der Waals surface area contributed by atoms with E-state index in [0.717, 1.165) is 0 Å². The summed E-state index contributed by atoms with van der Waals surface area (Å²) in [5.74, 6) is -0.536. The highest BCUT2D eigenvalue weighted by molar-refractivity contribution is 6.05. The van der Waals surface area contributed by atoms with Crippen LogP contribution in [0.1, 0.15) is 10.4 Å². The van der Waals surface area contributed by atoms with Crippen LogP contribution in [0.5, 0.6) is 5.75 Å². The number of phenolic OH excluding ortho intramolecular Hbond substituents is 1. The van der Waals surface area contributed by atoms with Gasteiger partial charge in [-0.2, -0.15) is 0 Å². The molecule has 1 aromatic heterocycles. The van der Waals surface area contributed by atoms with Crippen LogP contribution in [0, 0.1) is 0 Å². The van der Waals surface area contributed by atoms with Gasteiger partial charge >= 0.3 is 0 Å². The van der Waals surface area contributed by atoms with Crippen molar-refractivity contribution in [2.75, 3.05) is 0 Å². The van der Waals surface area contributed by atoms with Gasteiger partial charge in [-0.05, 0) is 24.3 Å². The zero-order valence-corrected chi connectivity index (χ0v) is 9.29. The lowest BCUT2D eigenvalue weighted by atomic mass is 10.1. The Hall–Kier alpha value is -2.69. The second kappa shape index (κ2) is 3.66. The number of amides is 1. The molecule has 0 radical (unpaired) electrons. The fourth-order valence-corrected chi connectivity index (χ4v) is 1.90. The highest BCUT2D eigenvalue weighted by Crippen LogP contribution is 2.24. The summed E-state index contributed by atoms with van der Waals surface area (Å²) in [5, 5.41) is 9.74. The molecule has 0 atom stereocenters. The lowest BCUT2D eigenvalue weighted by molar-refractivity contribution is 0.100. The first-order chi connectivity index (χ1) is 8.66. The Morgan fingerprint density at radius 3 is 2.39 bits per heavy atom. The molecular weight excluding hydrogens is 230 g/mol. The molecule has 0 unspecified atom stereocenters. The van der Waals surface area contributed by atoms with E-state index in [2.05, 4.69) is 9.97 Å². The summed E-state index contributed by atoms with van der Waals surface area (Å²) in [7, 11) is 0. The number of phenols is 1. The second-order valence-corrected chi connectivity index (χ2v) is 3.91. The fourth-order valence-electron chi connectivity index (χ4n) is 1.90. The molecule has 3 N–H and O–H groups in total. The highest BCUT2D eigenvalue weighted by Gasteiger charge is 2.11. The molecule has 2 aromatic carbocycles. The van der Waals surface area contributed by atoms with Crippen LogP contribution in [0.25, 0.3) is 22.1 Å². The number of hydrogen-bond acceptors (Lipinski definition) is 4. The minimum atomic E-state index is -0.565. The van der Waals surface area contributed by atoms with Crippen molar-refractivity contribution in [3.8, 4) is 5.75 Å². The van der Waals surface area contributed by atoms with Gasteiger partial charge in [0.1, 0.15) is 16.8 Å². The van der Waals surface area contributed by atoms with E-state index in [9.17, 15) is 9.90 Å². The summed E-state index contributed by atoms with van der Waals surface area (Å²) in [5.41, 5.74) is 7.50. The van der Waals surface area contributed by atoms with Gasteiger partial charge in [-0.25, -0.2) is 9.97 Å². The maximum atomic E-state index is 11.3. The molecule has 3 aromatic rings. The van der Waals surface area contributed by atoms with Crippen molar-refractivity contribution in [2.45, 2.75) is 0 Å². The maximum absolute atomic E-state index is 11.3. The van der Waals surface area contributed by atoms with E-state index in [-0.39, 0.29) is 5.75 Å². The first-order valence-electron chi connectivity index (χ1n) is 5.35. The molecular formula is C13H9N3O2. The van der Waals surface area contributed by atoms with E-state index >= 15 is 0 Å². The van der Waals surface area contributed by atoms with Crippen molar-refractivity contribution < 1.29 is 9.90 Å². The Labute approximate surface area is 102 Å². The number of nitrogens with zero attached hydrogens (tertiary/aromatic N) is 2. The van der Waals surface area contributed by atoms with Crippen LogP contribution in [-0.4, -0.2) is 21.0 Å². The van der Waals surface area contributed by atoms with Crippen molar-refractivity contribution in [2.24, 2.45) is 5.73 Å². The van der Waals surface area contributed by atoms with E-state index < -0.39 is 5.91 Å². The number of primary amides is 1. The van der Waals surface area contributed by atoms with Gasteiger partial charge in [0.25, 0.3) is 5.91 Å². The second-order valence-electron chi connectivity index (χ2n) is 3.91. The van der Waals surface area contributed by atoms with Crippen molar-refractivity contribution in [1.29, 1.82) is 0 Å². The Bertz CT molecular complexity index is 784. The predicted molar refractivity (Wildman–Crippen MR) is 67.2 cm³/mol.